The molecule has 5 nitrogen and oxygen atoms in total. The molecular formula is C14H18ClN3O2S. The lowest BCUT2D eigenvalue weighted by atomic mass is 10.0. The molecule has 21 heavy (non-hydrogen) atoms. The van der Waals surface area contributed by atoms with E-state index in [9.17, 15) is 8.42 Å². The molecule has 1 aliphatic heterocycles. The Bertz CT molecular complexity index is 655. The number of rotatable bonds is 4. The van der Waals surface area contributed by atoms with E-state index in [0.29, 0.717) is 12.1 Å². The highest BCUT2D eigenvalue weighted by Crippen LogP contribution is 2.23. The maximum Gasteiger partial charge on any atom is 0.242 e. The summed E-state index contributed by atoms with van der Waals surface area (Å²) in [6.45, 7) is 1.36. The van der Waals surface area contributed by atoms with E-state index in [-0.39, 0.29) is 16.0 Å². The molecule has 1 aromatic rings. The minimum atomic E-state index is -3.66. The molecule has 7 heteroatoms. The average Bonchev–Trinajstić information content (AvgIpc) is 2.46. The fourth-order valence-corrected chi connectivity index (χ4v) is 4.09. The number of hydrogen-bond acceptors (Lipinski definition) is 4. The topological polar surface area (TPSA) is 73.2 Å². The van der Waals surface area contributed by atoms with Crippen molar-refractivity contribution in [2.24, 2.45) is 0 Å². The zero-order valence-electron chi connectivity index (χ0n) is 11.8. The van der Waals surface area contributed by atoms with Crippen LogP contribution in [-0.2, 0) is 10.0 Å². The van der Waals surface area contributed by atoms with Gasteiger partial charge in [-0.05, 0) is 44.6 Å². The summed E-state index contributed by atoms with van der Waals surface area (Å²) >= 11 is 5.96. The molecule has 0 bridgehead atoms. The highest BCUT2D eigenvalue weighted by molar-refractivity contribution is 7.89. The zero-order valence-corrected chi connectivity index (χ0v) is 13.4. The molecule has 0 spiro atoms. The van der Waals surface area contributed by atoms with Crippen molar-refractivity contribution in [3.05, 3.63) is 28.8 Å². The molecular weight excluding hydrogens is 310 g/mol. The number of hydrogen-bond donors (Lipinski definition) is 1. The molecule has 0 saturated carbocycles. The second kappa shape index (κ2) is 6.75. The van der Waals surface area contributed by atoms with Crippen LogP contribution in [-0.4, -0.2) is 39.5 Å². The van der Waals surface area contributed by atoms with Gasteiger partial charge in [0.25, 0.3) is 0 Å². The fraction of sp³-hybridized carbons (Fsp3) is 0.500. The van der Waals surface area contributed by atoms with Crippen molar-refractivity contribution in [2.75, 3.05) is 20.1 Å². The third-order valence-electron chi connectivity index (χ3n) is 3.78. The molecule has 1 aromatic carbocycles. The summed E-state index contributed by atoms with van der Waals surface area (Å²) in [5, 5.41) is 8.85. The van der Waals surface area contributed by atoms with Gasteiger partial charge < -0.3 is 4.90 Å². The number of halogens is 1. The molecule has 114 valence electrons. The van der Waals surface area contributed by atoms with Gasteiger partial charge in [-0.15, -0.1) is 0 Å². The van der Waals surface area contributed by atoms with Crippen LogP contribution in [0.4, 0.5) is 0 Å². The maximum atomic E-state index is 12.3. The Kier molecular flexibility index (Phi) is 5.22. The molecule has 1 heterocycles. The van der Waals surface area contributed by atoms with Crippen molar-refractivity contribution < 1.29 is 8.42 Å². The monoisotopic (exact) mass is 327 g/mol. The van der Waals surface area contributed by atoms with Crippen LogP contribution in [0.2, 0.25) is 5.02 Å². The highest BCUT2D eigenvalue weighted by Gasteiger charge is 2.23. The van der Waals surface area contributed by atoms with Crippen LogP contribution in [0.5, 0.6) is 0 Å². The van der Waals surface area contributed by atoms with E-state index in [1.165, 1.54) is 18.2 Å². The summed E-state index contributed by atoms with van der Waals surface area (Å²) in [6.07, 6.45) is 3.26. The number of nitriles is 1. The van der Waals surface area contributed by atoms with Crippen molar-refractivity contribution in [1.82, 2.24) is 9.62 Å². The van der Waals surface area contributed by atoms with Gasteiger partial charge in [-0.2, -0.15) is 5.26 Å². The highest BCUT2D eigenvalue weighted by atomic mass is 35.5. The first-order valence-corrected chi connectivity index (χ1v) is 8.70. The van der Waals surface area contributed by atoms with Crippen molar-refractivity contribution >= 4 is 21.6 Å². The van der Waals surface area contributed by atoms with Crippen LogP contribution in [0.25, 0.3) is 0 Å². The van der Waals surface area contributed by atoms with Crippen molar-refractivity contribution in [3.63, 3.8) is 0 Å². The Morgan fingerprint density at radius 1 is 1.48 bits per heavy atom. The molecule has 0 aliphatic carbocycles. The van der Waals surface area contributed by atoms with Gasteiger partial charge in [0.2, 0.25) is 10.0 Å². The molecule has 0 amide bonds. The van der Waals surface area contributed by atoms with E-state index >= 15 is 0 Å². The molecule has 0 aromatic heterocycles. The third kappa shape index (κ3) is 3.95. The third-order valence-corrected chi connectivity index (χ3v) is 5.69. The van der Waals surface area contributed by atoms with Crippen molar-refractivity contribution in [2.45, 2.75) is 30.2 Å². The number of nitrogens with one attached hydrogen (secondary N) is 1. The molecule has 1 unspecified atom stereocenters. The van der Waals surface area contributed by atoms with Gasteiger partial charge >= 0.3 is 0 Å². The quantitative estimate of drug-likeness (QED) is 0.917. The molecule has 2 rings (SSSR count). The Morgan fingerprint density at radius 3 is 2.86 bits per heavy atom. The van der Waals surface area contributed by atoms with E-state index in [1.54, 1.807) is 0 Å². The first-order chi connectivity index (χ1) is 9.94. The predicted octanol–water partition coefficient (Wildman–Crippen LogP) is 1.97. The number of likely N-dealkylation sites (N-methyl/N-ethyl adjacent to an activating group) is 1. The second-order valence-corrected chi connectivity index (χ2v) is 7.38. The van der Waals surface area contributed by atoms with E-state index in [1.807, 2.05) is 13.1 Å². The van der Waals surface area contributed by atoms with Crippen LogP contribution in [0.1, 0.15) is 24.8 Å². The van der Waals surface area contributed by atoms with Gasteiger partial charge in [-0.3, -0.25) is 0 Å². The molecule has 1 aliphatic rings. The second-order valence-electron chi connectivity index (χ2n) is 5.24. The predicted molar refractivity (Wildman–Crippen MR) is 81.6 cm³/mol. The zero-order chi connectivity index (χ0) is 15.5. The van der Waals surface area contributed by atoms with Crippen LogP contribution < -0.4 is 4.72 Å². The molecule has 1 N–H and O–H groups in total. The largest absolute Gasteiger partial charge is 0.302 e. The molecule has 1 atom stereocenters. The summed E-state index contributed by atoms with van der Waals surface area (Å²) in [7, 11) is -1.65. The average molecular weight is 328 g/mol. The summed E-state index contributed by atoms with van der Waals surface area (Å²) in [4.78, 5) is 2.19. The molecule has 0 radical (unpaired) electrons. The summed E-state index contributed by atoms with van der Waals surface area (Å²) in [6, 6.07) is 6.33. The van der Waals surface area contributed by atoms with E-state index < -0.39 is 10.0 Å². The standard InChI is InChI=1S/C14H18ClN3O2S/c1-18-7-3-2-4-12(18)10-17-21(19,20)14-6-5-11(9-16)8-13(14)15/h5-6,8,12,17H,2-4,7,10H2,1H3. The fourth-order valence-electron chi connectivity index (χ4n) is 2.47. The first kappa shape index (κ1) is 16.2. The first-order valence-electron chi connectivity index (χ1n) is 6.83. The lowest BCUT2D eigenvalue weighted by Gasteiger charge is -2.32. The lowest BCUT2D eigenvalue weighted by molar-refractivity contribution is 0.187. The summed E-state index contributed by atoms with van der Waals surface area (Å²) < 4.78 is 27.2. The van der Waals surface area contributed by atoms with E-state index in [2.05, 4.69) is 9.62 Å². The number of nitrogens with zero attached hydrogens (tertiary/aromatic N) is 2. The Morgan fingerprint density at radius 2 is 2.24 bits per heavy atom. The summed E-state index contributed by atoms with van der Waals surface area (Å²) in [5.74, 6) is 0. The number of piperidine rings is 1. The van der Waals surface area contributed by atoms with Crippen LogP contribution in [0.3, 0.4) is 0 Å². The number of likely N-dealkylation sites (tertiary alicyclic amines) is 1. The van der Waals surface area contributed by atoms with Crippen molar-refractivity contribution in [1.29, 1.82) is 5.26 Å². The van der Waals surface area contributed by atoms with Crippen LogP contribution in [0, 0.1) is 11.3 Å². The van der Waals surface area contributed by atoms with Gasteiger partial charge in [0.1, 0.15) is 4.90 Å². The normalized spacial score (nSPS) is 20.1. The lowest BCUT2D eigenvalue weighted by Crippen LogP contribution is -2.44. The van der Waals surface area contributed by atoms with E-state index in [4.69, 9.17) is 16.9 Å². The number of benzene rings is 1. The minimum absolute atomic E-state index is 0.0154. The minimum Gasteiger partial charge on any atom is -0.302 e. The molecule has 1 fully saturated rings. The van der Waals surface area contributed by atoms with Crippen LogP contribution in [0.15, 0.2) is 23.1 Å². The van der Waals surface area contributed by atoms with Crippen molar-refractivity contribution in [3.8, 4) is 6.07 Å². The van der Waals surface area contributed by atoms with Gasteiger partial charge in [0.15, 0.2) is 0 Å². The SMILES string of the molecule is CN1CCCCC1CNS(=O)(=O)c1ccc(C#N)cc1Cl. The van der Waals surface area contributed by atoms with Gasteiger partial charge in [-0.1, -0.05) is 18.0 Å². The van der Waals surface area contributed by atoms with Gasteiger partial charge in [-0.25, -0.2) is 13.1 Å². The Labute approximate surface area is 130 Å². The number of sulfonamides is 1. The Hall–Kier alpha value is -1.13. The Balaban J connectivity index is 2.10. The van der Waals surface area contributed by atoms with Crippen LogP contribution >= 0.6 is 11.6 Å². The summed E-state index contributed by atoms with van der Waals surface area (Å²) in [5.41, 5.74) is 0.339. The molecule has 1 saturated heterocycles. The van der Waals surface area contributed by atoms with Gasteiger partial charge in [0, 0.05) is 12.6 Å². The maximum absolute atomic E-state index is 12.3. The van der Waals surface area contributed by atoms with Gasteiger partial charge in [0.05, 0.1) is 16.7 Å². The smallest absolute Gasteiger partial charge is 0.242 e. The van der Waals surface area contributed by atoms with E-state index in [0.717, 1.165) is 25.8 Å².